The van der Waals surface area contributed by atoms with Gasteiger partial charge in [0.25, 0.3) is 5.91 Å². The summed E-state index contributed by atoms with van der Waals surface area (Å²) in [5.41, 5.74) is 0.883. The molecule has 116 valence electrons. The first kappa shape index (κ1) is 15.7. The van der Waals surface area contributed by atoms with Crippen LogP contribution in [0.2, 0.25) is 0 Å². The zero-order chi connectivity index (χ0) is 16.3. The third-order valence-electron chi connectivity index (χ3n) is 3.28. The summed E-state index contributed by atoms with van der Waals surface area (Å²) in [6, 6.07) is 5.65. The highest BCUT2D eigenvalue weighted by atomic mass is 19.1. The van der Waals surface area contributed by atoms with Crippen LogP contribution in [0.25, 0.3) is 5.69 Å². The Hall–Kier alpha value is -2.70. The number of aliphatic carboxylic acids is 1. The van der Waals surface area contributed by atoms with Crippen LogP contribution < -0.4 is 0 Å². The zero-order valence-electron chi connectivity index (χ0n) is 12.2. The van der Waals surface area contributed by atoms with Crippen LogP contribution in [0.1, 0.15) is 17.4 Å². The molecule has 0 spiro atoms. The Kier molecular flexibility index (Phi) is 4.55. The van der Waals surface area contributed by atoms with E-state index >= 15 is 0 Å². The van der Waals surface area contributed by atoms with Crippen LogP contribution in [0.4, 0.5) is 4.39 Å². The maximum Gasteiger partial charge on any atom is 0.308 e. The molecule has 1 amide bonds. The zero-order valence-corrected chi connectivity index (χ0v) is 12.2. The van der Waals surface area contributed by atoms with E-state index in [0.717, 1.165) is 0 Å². The maximum atomic E-state index is 13.0. The van der Waals surface area contributed by atoms with E-state index in [0.29, 0.717) is 5.69 Å². The number of carbonyl (C=O) groups excluding carboxylic acids is 1. The molecule has 22 heavy (non-hydrogen) atoms. The van der Waals surface area contributed by atoms with E-state index in [1.54, 1.807) is 0 Å². The molecule has 2 aromatic rings. The summed E-state index contributed by atoms with van der Waals surface area (Å²) in [4.78, 5) is 28.6. The first-order valence-electron chi connectivity index (χ1n) is 6.66. The van der Waals surface area contributed by atoms with Gasteiger partial charge in [-0.05, 0) is 24.3 Å². The predicted molar refractivity (Wildman–Crippen MR) is 77.3 cm³/mol. The van der Waals surface area contributed by atoms with Gasteiger partial charge in [-0.15, -0.1) is 0 Å². The molecule has 0 saturated heterocycles. The molecule has 1 aromatic heterocycles. The van der Waals surface area contributed by atoms with Crippen molar-refractivity contribution in [3.05, 3.63) is 48.3 Å². The Morgan fingerprint density at radius 3 is 2.59 bits per heavy atom. The molecule has 6 nitrogen and oxygen atoms in total. The molecule has 0 aliphatic rings. The van der Waals surface area contributed by atoms with Gasteiger partial charge >= 0.3 is 5.97 Å². The highest BCUT2D eigenvalue weighted by Gasteiger charge is 2.21. The molecule has 1 N–H and O–H groups in total. The third-order valence-corrected chi connectivity index (χ3v) is 3.28. The SMILES string of the molecule is CC(CN(C)C(=O)c1cncn1-c1ccc(F)cc1)C(=O)O. The Balaban J connectivity index is 2.23. The number of carbonyl (C=O) groups is 2. The van der Waals surface area contributed by atoms with Crippen LogP contribution in [-0.4, -0.2) is 45.0 Å². The monoisotopic (exact) mass is 305 g/mol. The Morgan fingerprint density at radius 1 is 1.36 bits per heavy atom. The molecule has 1 atom stereocenters. The lowest BCUT2D eigenvalue weighted by atomic mass is 10.1. The lowest BCUT2D eigenvalue weighted by Crippen LogP contribution is -2.34. The first-order valence-corrected chi connectivity index (χ1v) is 6.66. The van der Waals surface area contributed by atoms with Crippen LogP contribution >= 0.6 is 0 Å². The number of carboxylic acids is 1. The summed E-state index contributed by atoms with van der Waals surface area (Å²) in [5.74, 6) is -2.36. The molecule has 0 aliphatic carbocycles. The Morgan fingerprint density at radius 2 is 2.00 bits per heavy atom. The highest BCUT2D eigenvalue weighted by Crippen LogP contribution is 2.14. The topological polar surface area (TPSA) is 75.4 Å². The van der Waals surface area contributed by atoms with Crippen molar-refractivity contribution >= 4 is 11.9 Å². The van der Waals surface area contributed by atoms with Gasteiger partial charge in [0.05, 0.1) is 18.4 Å². The number of carboxylic acid groups (broad SMARTS) is 1. The lowest BCUT2D eigenvalue weighted by Gasteiger charge is -2.20. The minimum Gasteiger partial charge on any atom is -0.481 e. The van der Waals surface area contributed by atoms with Crippen LogP contribution in [0, 0.1) is 11.7 Å². The van der Waals surface area contributed by atoms with E-state index in [9.17, 15) is 14.0 Å². The summed E-state index contributed by atoms with van der Waals surface area (Å²) < 4.78 is 14.5. The molecule has 1 heterocycles. The standard InChI is InChI=1S/C15H16FN3O3/c1-10(15(21)22)8-18(2)14(20)13-7-17-9-19(13)12-5-3-11(16)4-6-12/h3-7,9-10H,8H2,1-2H3,(H,21,22). The predicted octanol–water partition coefficient (Wildman–Crippen LogP) is 1.80. The summed E-state index contributed by atoms with van der Waals surface area (Å²) in [6.45, 7) is 1.62. The van der Waals surface area contributed by atoms with Gasteiger partial charge in [0, 0.05) is 19.3 Å². The van der Waals surface area contributed by atoms with E-state index < -0.39 is 11.9 Å². The van der Waals surface area contributed by atoms with Crippen molar-refractivity contribution in [1.82, 2.24) is 14.5 Å². The second kappa shape index (κ2) is 6.38. The Labute approximate surface area is 126 Å². The minimum atomic E-state index is -0.966. The third kappa shape index (κ3) is 3.30. The summed E-state index contributed by atoms with van der Waals surface area (Å²) in [7, 11) is 1.53. The summed E-state index contributed by atoms with van der Waals surface area (Å²) >= 11 is 0. The van der Waals surface area contributed by atoms with Crippen molar-refractivity contribution in [2.45, 2.75) is 6.92 Å². The van der Waals surface area contributed by atoms with Gasteiger partial charge in [-0.25, -0.2) is 9.37 Å². The van der Waals surface area contributed by atoms with Gasteiger partial charge in [-0.3, -0.25) is 14.2 Å². The molecular formula is C15H16FN3O3. The smallest absolute Gasteiger partial charge is 0.308 e. The molecule has 1 unspecified atom stereocenters. The number of amides is 1. The van der Waals surface area contributed by atoms with E-state index in [1.165, 1.54) is 60.2 Å². The van der Waals surface area contributed by atoms with Crippen molar-refractivity contribution in [3.8, 4) is 5.69 Å². The van der Waals surface area contributed by atoms with Crippen molar-refractivity contribution in [3.63, 3.8) is 0 Å². The first-order chi connectivity index (χ1) is 10.4. The molecule has 0 radical (unpaired) electrons. The van der Waals surface area contributed by atoms with Crippen molar-refractivity contribution in [2.75, 3.05) is 13.6 Å². The lowest BCUT2D eigenvalue weighted by molar-refractivity contribution is -0.141. The molecule has 0 fully saturated rings. The summed E-state index contributed by atoms with van der Waals surface area (Å²) in [5, 5.41) is 8.91. The second-order valence-corrected chi connectivity index (χ2v) is 5.05. The number of imidazole rings is 1. The van der Waals surface area contributed by atoms with Gasteiger partial charge in [-0.2, -0.15) is 0 Å². The fourth-order valence-corrected chi connectivity index (χ4v) is 2.03. The number of hydrogen-bond donors (Lipinski definition) is 1. The van der Waals surface area contributed by atoms with Gasteiger partial charge in [0.1, 0.15) is 11.5 Å². The molecule has 1 aromatic carbocycles. The fraction of sp³-hybridized carbons (Fsp3) is 0.267. The van der Waals surface area contributed by atoms with Crippen LogP contribution in [-0.2, 0) is 4.79 Å². The van der Waals surface area contributed by atoms with Crippen molar-refractivity contribution in [1.29, 1.82) is 0 Å². The quantitative estimate of drug-likeness (QED) is 0.914. The van der Waals surface area contributed by atoms with Crippen LogP contribution in [0.5, 0.6) is 0 Å². The van der Waals surface area contributed by atoms with E-state index in [-0.39, 0.29) is 24.0 Å². The fourth-order valence-electron chi connectivity index (χ4n) is 2.03. The van der Waals surface area contributed by atoms with E-state index in [1.807, 2.05) is 0 Å². The number of benzene rings is 1. The van der Waals surface area contributed by atoms with Crippen LogP contribution in [0.15, 0.2) is 36.8 Å². The molecule has 0 aliphatic heterocycles. The van der Waals surface area contributed by atoms with Gasteiger partial charge < -0.3 is 10.0 Å². The largest absolute Gasteiger partial charge is 0.481 e. The highest BCUT2D eigenvalue weighted by molar-refractivity contribution is 5.93. The molecule has 7 heteroatoms. The number of hydrogen-bond acceptors (Lipinski definition) is 3. The molecule has 2 rings (SSSR count). The van der Waals surface area contributed by atoms with E-state index in [2.05, 4.69) is 4.98 Å². The van der Waals surface area contributed by atoms with E-state index in [4.69, 9.17) is 5.11 Å². The molecular weight excluding hydrogens is 289 g/mol. The number of rotatable bonds is 5. The average molecular weight is 305 g/mol. The minimum absolute atomic E-state index is 0.0861. The summed E-state index contributed by atoms with van der Waals surface area (Å²) in [6.07, 6.45) is 2.85. The maximum absolute atomic E-state index is 13.0. The van der Waals surface area contributed by atoms with Crippen molar-refractivity contribution in [2.24, 2.45) is 5.92 Å². The average Bonchev–Trinajstić information content (AvgIpc) is 2.96. The Bertz CT molecular complexity index is 682. The molecule has 0 saturated carbocycles. The normalized spacial score (nSPS) is 12.0. The number of nitrogens with zero attached hydrogens (tertiary/aromatic N) is 3. The number of halogens is 1. The van der Waals surface area contributed by atoms with Gasteiger partial charge in [0.2, 0.25) is 0 Å². The second-order valence-electron chi connectivity index (χ2n) is 5.05. The van der Waals surface area contributed by atoms with Crippen LogP contribution in [0.3, 0.4) is 0 Å². The van der Waals surface area contributed by atoms with Crippen molar-refractivity contribution < 1.29 is 19.1 Å². The van der Waals surface area contributed by atoms with Gasteiger partial charge in [-0.1, -0.05) is 6.92 Å². The molecule has 0 bridgehead atoms. The van der Waals surface area contributed by atoms with Gasteiger partial charge in [0.15, 0.2) is 0 Å². The number of aromatic nitrogens is 2.